The van der Waals surface area contributed by atoms with Crippen LogP contribution in [-0.2, 0) is 9.59 Å². The number of hydrogen-bond acceptors (Lipinski definition) is 3. The fraction of sp³-hybridized carbons (Fsp3) is 0.385. The van der Waals surface area contributed by atoms with Crippen molar-refractivity contribution in [1.82, 2.24) is 5.32 Å². The molecule has 0 bridgehead atoms. The average Bonchev–Trinajstić information content (AvgIpc) is 2.79. The van der Waals surface area contributed by atoms with Crippen LogP contribution in [0.3, 0.4) is 0 Å². The van der Waals surface area contributed by atoms with E-state index in [1.807, 2.05) is 19.1 Å². The highest BCUT2D eigenvalue weighted by molar-refractivity contribution is 5.98. The van der Waals surface area contributed by atoms with Crippen molar-refractivity contribution in [2.75, 3.05) is 18.5 Å². The average molecular weight is 248 g/mol. The monoisotopic (exact) mass is 248 g/mol. The number of rotatable bonds is 4. The molecule has 0 spiro atoms. The number of benzene rings is 1. The number of nitrogens with one attached hydrogen (secondary N) is 2. The van der Waals surface area contributed by atoms with E-state index in [-0.39, 0.29) is 24.2 Å². The van der Waals surface area contributed by atoms with Gasteiger partial charge in [0.2, 0.25) is 11.8 Å². The maximum Gasteiger partial charge on any atom is 0.229 e. The Morgan fingerprint density at radius 3 is 2.94 bits per heavy atom. The van der Waals surface area contributed by atoms with Crippen molar-refractivity contribution in [1.29, 1.82) is 0 Å². The third kappa shape index (κ3) is 2.80. The van der Waals surface area contributed by atoms with Crippen LogP contribution in [0.25, 0.3) is 0 Å². The molecule has 1 atom stereocenters. The van der Waals surface area contributed by atoms with Crippen molar-refractivity contribution in [3.63, 3.8) is 0 Å². The normalized spacial score (nSPS) is 18.3. The first kappa shape index (κ1) is 12.4. The molecule has 5 nitrogen and oxygen atoms in total. The van der Waals surface area contributed by atoms with Crippen LogP contribution >= 0.6 is 0 Å². The van der Waals surface area contributed by atoms with Crippen molar-refractivity contribution < 1.29 is 14.3 Å². The van der Waals surface area contributed by atoms with Crippen LogP contribution < -0.4 is 15.4 Å². The fourth-order valence-electron chi connectivity index (χ4n) is 1.88. The Morgan fingerprint density at radius 1 is 1.50 bits per heavy atom. The van der Waals surface area contributed by atoms with Gasteiger partial charge in [0.15, 0.2) is 0 Å². The minimum atomic E-state index is -0.299. The van der Waals surface area contributed by atoms with Crippen molar-refractivity contribution in [2.24, 2.45) is 5.92 Å². The van der Waals surface area contributed by atoms with Crippen LogP contribution in [-0.4, -0.2) is 25.0 Å². The first-order chi connectivity index (χ1) is 8.70. The Bertz CT molecular complexity index is 459. The molecule has 2 rings (SSSR count). The van der Waals surface area contributed by atoms with E-state index in [0.29, 0.717) is 24.6 Å². The van der Waals surface area contributed by atoms with Crippen molar-refractivity contribution >= 4 is 17.5 Å². The first-order valence-electron chi connectivity index (χ1n) is 6.00. The summed E-state index contributed by atoms with van der Waals surface area (Å²) in [6.07, 6.45) is 0.253. The topological polar surface area (TPSA) is 67.4 Å². The lowest BCUT2D eigenvalue weighted by Crippen LogP contribution is -2.24. The Labute approximate surface area is 106 Å². The minimum absolute atomic E-state index is 0.0757. The molecular weight excluding hydrogens is 232 g/mol. The third-order valence-corrected chi connectivity index (χ3v) is 2.79. The summed E-state index contributed by atoms with van der Waals surface area (Å²) >= 11 is 0. The molecule has 2 N–H and O–H groups in total. The van der Waals surface area contributed by atoms with Crippen LogP contribution in [0, 0.1) is 5.92 Å². The van der Waals surface area contributed by atoms with Gasteiger partial charge >= 0.3 is 0 Å². The summed E-state index contributed by atoms with van der Waals surface area (Å²) in [5.41, 5.74) is 0.642. The van der Waals surface area contributed by atoms with Gasteiger partial charge < -0.3 is 15.4 Å². The summed E-state index contributed by atoms with van der Waals surface area (Å²) in [5.74, 6) is 0.117. The van der Waals surface area contributed by atoms with Gasteiger partial charge in [0, 0.05) is 13.0 Å². The largest absolute Gasteiger partial charge is 0.492 e. The van der Waals surface area contributed by atoms with Crippen LogP contribution in [0.15, 0.2) is 24.3 Å². The van der Waals surface area contributed by atoms with E-state index in [4.69, 9.17) is 4.74 Å². The highest BCUT2D eigenvalue weighted by Gasteiger charge is 2.28. The van der Waals surface area contributed by atoms with E-state index in [1.54, 1.807) is 12.1 Å². The summed E-state index contributed by atoms with van der Waals surface area (Å²) in [6, 6.07) is 7.27. The third-order valence-electron chi connectivity index (χ3n) is 2.79. The Kier molecular flexibility index (Phi) is 3.82. The number of para-hydroxylation sites is 2. The van der Waals surface area contributed by atoms with E-state index in [0.717, 1.165) is 0 Å². The van der Waals surface area contributed by atoms with Crippen LogP contribution in [0.5, 0.6) is 5.75 Å². The van der Waals surface area contributed by atoms with Crippen LogP contribution in [0.4, 0.5) is 5.69 Å². The number of hydrogen-bond donors (Lipinski definition) is 2. The lowest BCUT2D eigenvalue weighted by Gasteiger charge is -2.13. The lowest BCUT2D eigenvalue weighted by atomic mass is 10.1. The summed E-state index contributed by atoms with van der Waals surface area (Å²) in [7, 11) is 0. The van der Waals surface area contributed by atoms with E-state index < -0.39 is 0 Å². The van der Waals surface area contributed by atoms with Crippen LogP contribution in [0.1, 0.15) is 13.3 Å². The number of carbonyl (C=O) groups excluding carboxylic acids is 2. The van der Waals surface area contributed by atoms with E-state index in [1.165, 1.54) is 0 Å². The second-order valence-electron chi connectivity index (χ2n) is 4.12. The van der Waals surface area contributed by atoms with E-state index in [2.05, 4.69) is 10.6 Å². The predicted molar refractivity (Wildman–Crippen MR) is 67.4 cm³/mol. The molecule has 0 aliphatic carbocycles. The molecule has 0 radical (unpaired) electrons. The first-order valence-corrected chi connectivity index (χ1v) is 6.00. The van der Waals surface area contributed by atoms with Gasteiger partial charge in [0.1, 0.15) is 5.75 Å². The Morgan fingerprint density at radius 2 is 2.28 bits per heavy atom. The molecule has 96 valence electrons. The molecule has 0 aromatic heterocycles. The van der Waals surface area contributed by atoms with Gasteiger partial charge in [-0.2, -0.15) is 0 Å². The maximum atomic E-state index is 12.0. The predicted octanol–water partition coefficient (Wildman–Crippen LogP) is 1.16. The van der Waals surface area contributed by atoms with Gasteiger partial charge in [-0.05, 0) is 19.1 Å². The molecule has 5 heteroatoms. The van der Waals surface area contributed by atoms with Crippen molar-refractivity contribution in [2.45, 2.75) is 13.3 Å². The van der Waals surface area contributed by atoms with Gasteiger partial charge in [-0.25, -0.2) is 0 Å². The van der Waals surface area contributed by atoms with Gasteiger partial charge in [-0.1, -0.05) is 12.1 Å². The van der Waals surface area contributed by atoms with E-state index >= 15 is 0 Å². The van der Waals surface area contributed by atoms with Gasteiger partial charge in [-0.3, -0.25) is 9.59 Å². The molecular formula is C13H16N2O3. The Balaban J connectivity index is 2.04. The SMILES string of the molecule is CCOc1ccccc1NC(=O)C1CNC(=O)C1. The van der Waals surface area contributed by atoms with Gasteiger partial charge in [0.05, 0.1) is 18.2 Å². The molecule has 1 aliphatic heterocycles. The Hall–Kier alpha value is -2.04. The second kappa shape index (κ2) is 5.53. The zero-order chi connectivity index (χ0) is 13.0. The number of carbonyl (C=O) groups is 2. The number of amides is 2. The zero-order valence-corrected chi connectivity index (χ0v) is 10.2. The molecule has 1 aromatic rings. The lowest BCUT2D eigenvalue weighted by molar-refractivity contribution is -0.123. The summed E-state index contributed by atoms with van der Waals surface area (Å²) < 4.78 is 5.42. The minimum Gasteiger partial charge on any atom is -0.492 e. The zero-order valence-electron chi connectivity index (χ0n) is 10.2. The highest BCUT2D eigenvalue weighted by atomic mass is 16.5. The quantitative estimate of drug-likeness (QED) is 0.840. The molecule has 18 heavy (non-hydrogen) atoms. The second-order valence-corrected chi connectivity index (χ2v) is 4.12. The van der Waals surface area contributed by atoms with Crippen molar-refractivity contribution in [3.8, 4) is 5.75 Å². The summed E-state index contributed by atoms with van der Waals surface area (Å²) in [5, 5.41) is 5.45. The molecule has 1 aliphatic rings. The van der Waals surface area contributed by atoms with Crippen LogP contribution in [0.2, 0.25) is 0 Å². The number of ether oxygens (including phenoxy) is 1. The summed E-state index contributed by atoms with van der Waals surface area (Å²) in [6.45, 7) is 2.83. The molecule has 1 fully saturated rings. The van der Waals surface area contributed by atoms with Crippen molar-refractivity contribution in [3.05, 3.63) is 24.3 Å². The van der Waals surface area contributed by atoms with E-state index in [9.17, 15) is 9.59 Å². The molecule has 0 saturated carbocycles. The van der Waals surface area contributed by atoms with Gasteiger partial charge in [0.25, 0.3) is 0 Å². The number of anilines is 1. The highest BCUT2D eigenvalue weighted by Crippen LogP contribution is 2.24. The molecule has 2 amide bonds. The molecule has 1 unspecified atom stereocenters. The molecule has 1 heterocycles. The molecule has 1 aromatic carbocycles. The smallest absolute Gasteiger partial charge is 0.229 e. The summed E-state index contributed by atoms with van der Waals surface area (Å²) in [4.78, 5) is 23.0. The molecule has 1 saturated heterocycles. The fourth-order valence-corrected chi connectivity index (χ4v) is 1.88. The standard InChI is InChI=1S/C13H16N2O3/c1-2-18-11-6-4-3-5-10(11)15-13(17)9-7-12(16)14-8-9/h3-6,9H,2,7-8H2,1H3,(H,14,16)(H,15,17). The maximum absolute atomic E-state index is 12.0. The van der Waals surface area contributed by atoms with Gasteiger partial charge in [-0.15, -0.1) is 0 Å².